The summed E-state index contributed by atoms with van der Waals surface area (Å²) in [5, 5.41) is 3.36. The smallest absolute Gasteiger partial charge is 0.252 e. The van der Waals surface area contributed by atoms with Crippen molar-refractivity contribution in [1.82, 2.24) is 5.32 Å². The molecule has 160 valence electrons. The molecule has 1 N–H and O–H groups in total. The summed E-state index contributed by atoms with van der Waals surface area (Å²) in [5.74, 6) is 1.38. The van der Waals surface area contributed by atoms with E-state index in [1.807, 2.05) is 6.07 Å². The lowest BCUT2D eigenvalue weighted by atomic mass is 9.70. The molecule has 0 saturated heterocycles. The molecule has 0 atom stereocenters. The van der Waals surface area contributed by atoms with Gasteiger partial charge >= 0.3 is 0 Å². The van der Waals surface area contributed by atoms with Crippen molar-refractivity contribution in [2.24, 2.45) is 17.3 Å². The Morgan fingerprint density at radius 3 is 2.34 bits per heavy atom. The largest absolute Gasteiger partial charge is 0.351 e. The minimum Gasteiger partial charge on any atom is -0.351 e. The Labute approximate surface area is 187 Å². The highest BCUT2D eigenvalue weighted by atomic mass is 79.9. The van der Waals surface area contributed by atoms with Gasteiger partial charge in [0.2, 0.25) is 0 Å². The molecule has 3 saturated carbocycles. The lowest BCUT2D eigenvalue weighted by Crippen LogP contribution is -2.43. The minimum atomic E-state index is -2.98. The van der Waals surface area contributed by atoms with Gasteiger partial charge in [0.25, 0.3) is 5.91 Å². The molecule has 0 aliphatic heterocycles. The Morgan fingerprint density at radius 1 is 1.10 bits per heavy atom. The molecule has 3 aliphatic rings. The Hall–Kier alpha value is -0.590. The number of hydrogen-bond acceptors (Lipinski definition) is 3. The van der Waals surface area contributed by atoms with Crippen LogP contribution in [0, 0.1) is 17.3 Å². The van der Waals surface area contributed by atoms with Crippen LogP contribution in [-0.4, -0.2) is 31.9 Å². The maximum absolute atomic E-state index is 12.7. The van der Waals surface area contributed by atoms with Gasteiger partial charge in [-0.05, 0) is 80.4 Å². The molecule has 0 aromatic heterocycles. The predicted octanol–water partition coefficient (Wildman–Crippen LogP) is 5.39. The highest BCUT2D eigenvalue weighted by Crippen LogP contribution is 2.48. The fourth-order valence-corrected chi connectivity index (χ4v) is 7.71. The monoisotopic (exact) mass is 501 g/mol. The summed E-state index contributed by atoms with van der Waals surface area (Å²) in [7, 11) is -2.98. The number of sulfone groups is 1. The van der Waals surface area contributed by atoms with Crippen LogP contribution in [0.25, 0.3) is 0 Å². The van der Waals surface area contributed by atoms with Gasteiger partial charge in [-0.3, -0.25) is 4.79 Å². The summed E-state index contributed by atoms with van der Waals surface area (Å²) >= 11 is 9.60. The summed E-state index contributed by atoms with van der Waals surface area (Å²) in [6.07, 6.45) is 8.99. The lowest BCUT2D eigenvalue weighted by Gasteiger charge is -2.40. The number of rotatable bonds is 8. The minimum absolute atomic E-state index is 0.0181. The average Bonchev–Trinajstić information content (AvgIpc) is 3.58. The van der Waals surface area contributed by atoms with E-state index in [-0.39, 0.29) is 16.6 Å². The second kappa shape index (κ2) is 8.51. The first-order chi connectivity index (χ1) is 13.8. The van der Waals surface area contributed by atoms with Gasteiger partial charge in [0.05, 0.1) is 21.6 Å². The van der Waals surface area contributed by atoms with Crippen molar-refractivity contribution in [3.05, 3.63) is 33.3 Å². The molecule has 29 heavy (non-hydrogen) atoms. The van der Waals surface area contributed by atoms with E-state index in [0.717, 1.165) is 55.3 Å². The third kappa shape index (κ3) is 5.56. The predicted molar refractivity (Wildman–Crippen MR) is 120 cm³/mol. The number of carbonyl (C=O) groups is 1. The molecule has 3 aliphatic carbocycles. The standard InChI is InChI=1S/C22H29BrClNO3S/c23-17-5-6-19(20(24)11-17)21(26)25-14-22(12-15-1-2-15)9-7-18(8-10-22)29(27,28)13-16-3-4-16/h5-6,11,15-16,18H,1-4,7-10,12-14H2,(H,25,26). The molecule has 0 unspecified atom stereocenters. The van der Waals surface area contributed by atoms with Gasteiger partial charge in [-0.2, -0.15) is 0 Å². The second-order valence-corrected chi connectivity index (χ2v) is 13.1. The zero-order valence-electron chi connectivity index (χ0n) is 16.6. The summed E-state index contributed by atoms with van der Waals surface area (Å²) in [6.45, 7) is 0.601. The van der Waals surface area contributed by atoms with E-state index in [2.05, 4.69) is 21.2 Å². The molecule has 0 spiro atoms. The Morgan fingerprint density at radius 2 is 1.76 bits per heavy atom. The maximum atomic E-state index is 12.7. The number of carbonyl (C=O) groups excluding carboxylic acids is 1. The van der Waals surface area contributed by atoms with Gasteiger partial charge in [0.1, 0.15) is 0 Å². The fraction of sp³-hybridized carbons (Fsp3) is 0.682. The molecule has 0 radical (unpaired) electrons. The van der Waals surface area contributed by atoms with Gasteiger partial charge in [0.15, 0.2) is 9.84 Å². The number of benzene rings is 1. The summed E-state index contributed by atoms with van der Waals surface area (Å²) < 4.78 is 26.3. The number of hydrogen-bond donors (Lipinski definition) is 1. The Balaban J connectivity index is 1.39. The van der Waals surface area contributed by atoms with Crippen molar-refractivity contribution in [2.45, 2.75) is 63.0 Å². The van der Waals surface area contributed by atoms with Crippen LogP contribution in [0.4, 0.5) is 0 Å². The molecule has 7 heteroatoms. The highest BCUT2D eigenvalue weighted by Gasteiger charge is 2.43. The van der Waals surface area contributed by atoms with Gasteiger partial charge in [0, 0.05) is 11.0 Å². The zero-order valence-corrected chi connectivity index (χ0v) is 19.8. The van der Waals surface area contributed by atoms with Crippen molar-refractivity contribution in [1.29, 1.82) is 0 Å². The Kier molecular flexibility index (Phi) is 6.35. The van der Waals surface area contributed by atoms with Crippen molar-refractivity contribution in [2.75, 3.05) is 12.3 Å². The molecule has 1 amide bonds. The second-order valence-electron chi connectivity index (χ2n) is 9.43. The molecule has 4 nitrogen and oxygen atoms in total. The van der Waals surface area contributed by atoms with Crippen molar-refractivity contribution >= 4 is 43.3 Å². The van der Waals surface area contributed by atoms with E-state index in [1.165, 1.54) is 12.8 Å². The van der Waals surface area contributed by atoms with E-state index < -0.39 is 9.84 Å². The van der Waals surface area contributed by atoms with Crippen LogP contribution in [0.15, 0.2) is 22.7 Å². The molecule has 4 rings (SSSR count). The normalized spacial score (nSPS) is 27.6. The van der Waals surface area contributed by atoms with E-state index in [1.54, 1.807) is 12.1 Å². The van der Waals surface area contributed by atoms with Crippen LogP contribution in [0.2, 0.25) is 5.02 Å². The quantitative estimate of drug-likeness (QED) is 0.518. The first-order valence-electron chi connectivity index (χ1n) is 10.7. The van der Waals surface area contributed by atoms with Crippen LogP contribution < -0.4 is 5.32 Å². The maximum Gasteiger partial charge on any atom is 0.252 e. The lowest BCUT2D eigenvalue weighted by molar-refractivity contribution is 0.0895. The Bertz CT molecular complexity index is 872. The SMILES string of the molecule is O=C(NCC1(CC2CC2)CCC(S(=O)(=O)CC2CC2)CC1)c1ccc(Br)cc1Cl. The molecular weight excluding hydrogens is 474 g/mol. The summed E-state index contributed by atoms with van der Waals surface area (Å²) in [4.78, 5) is 12.7. The van der Waals surface area contributed by atoms with Crippen LogP contribution in [-0.2, 0) is 9.84 Å². The van der Waals surface area contributed by atoms with E-state index in [0.29, 0.717) is 28.8 Å². The molecular formula is C22H29BrClNO3S. The van der Waals surface area contributed by atoms with Gasteiger partial charge < -0.3 is 5.32 Å². The first kappa shape index (κ1) is 21.6. The molecule has 1 aromatic rings. The molecule has 0 bridgehead atoms. The van der Waals surface area contributed by atoms with Gasteiger partial charge in [-0.1, -0.05) is 40.4 Å². The highest BCUT2D eigenvalue weighted by molar-refractivity contribution is 9.10. The fourth-order valence-electron chi connectivity index (χ4n) is 4.74. The third-order valence-electron chi connectivity index (χ3n) is 6.88. The molecule has 1 aromatic carbocycles. The van der Waals surface area contributed by atoms with E-state index >= 15 is 0 Å². The topological polar surface area (TPSA) is 63.2 Å². The van der Waals surface area contributed by atoms with Crippen molar-refractivity contribution in [3.63, 3.8) is 0 Å². The van der Waals surface area contributed by atoms with Crippen LogP contribution in [0.5, 0.6) is 0 Å². The van der Waals surface area contributed by atoms with E-state index in [9.17, 15) is 13.2 Å². The van der Waals surface area contributed by atoms with Crippen molar-refractivity contribution < 1.29 is 13.2 Å². The van der Waals surface area contributed by atoms with Gasteiger partial charge in [-0.25, -0.2) is 8.42 Å². The number of amides is 1. The van der Waals surface area contributed by atoms with Crippen LogP contribution in [0.3, 0.4) is 0 Å². The molecule has 3 fully saturated rings. The molecule has 0 heterocycles. The summed E-state index contributed by atoms with van der Waals surface area (Å²) in [5.41, 5.74) is 0.502. The first-order valence-corrected chi connectivity index (χ1v) is 13.6. The van der Waals surface area contributed by atoms with Crippen molar-refractivity contribution in [3.8, 4) is 0 Å². The number of nitrogens with one attached hydrogen (secondary N) is 1. The van der Waals surface area contributed by atoms with Crippen LogP contribution >= 0.6 is 27.5 Å². The number of halogens is 2. The summed E-state index contributed by atoms with van der Waals surface area (Å²) in [6, 6.07) is 5.28. The third-order valence-corrected chi connectivity index (χ3v) is 10.1. The van der Waals surface area contributed by atoms with Gasteiger partial charge in [-0.15, -0.1) is 0 Å². The zero-order chi connectivity index (χ0) is 20.6. The average molecular weight is 503 g/mol. The van der Waals surface area contributed by atoms with E-state index in [4.69, 9.17) is 11.6 Å². The van der Waals surface area contributed by atoms with Crippen LogP contribution in [0.1, 0.15) is 68.1 Å².